The van der Waals surface area contributed by atoms with E-state index in [2.05, 4.69) is 10.6 Å². The third-order valence-corrected chi connectivity index (χ3v) is 5.43. The fourth-order valence-corrected chi connectivity index (χ4v) is 3.63. The third-order valence-electron chi connectivity index (χ3n) is 5.43. The van der Waals surface area contributed by atoms with Gasteiger partial charge in [-0.05, 0) is 61.7 Å². The van der Waals surface area contributed by atoms with E-state index < -0.39 is 23.4 Å². The number of ether oxygens (including phenoxy) is 2. The summed E-state index contributed by atoms with van der Waals surface area (Å²) in [5, 5.41) is 5.46. The van der Waals surface area contributed by atoms with Crippen LogP contribution in [0.5, 0.6) is 11.5 Å². The SMILES string of the molecule is Cc1ccc(NC(=O)CN2C(=O)N[C@@](C)(Cc3ccc4c(c3)OCO4)C2=O)cc1C. The minimum atomic E-state index is -1.15. The molecule has 0 unspecified atom stereocenters. The van der Waals surface area contributed by atoms with Crippen LogP contribution in [0, 0.1) is 13.8 Å². The van der Waals surface area contributed by atoms with Gasteiger partial charge in [-0.25, -0.2) is 4.79 Å². The van der Waals surface area contributed by atoms with Gasteiger partial charge in [-0.15, -0.1) is 0 Å². The van der Waals surface area contributed by atoms with E-state index in [-0.39, 0.29) is 19.8 Å². The number of rotatable bonds is 5. The maximum atomic E-state index is 13.0. The molecule has 0 aliphatic carbocycles. The summed E-state index contributed by atoms with van der Waals surface area (Å²) < 4.78 is 10.7. The molecule has 1 fully saturated rings. The van der Waals surface area contributed by atoms with E-state index in [1.54, 1.807) is 25.1 Å². The lowest BCUT2D eigenvalue weighted by Gasteiger charge is -2.22. The van der Waals surface area contributed by atoms with Crippen LogP contribution in [0.2, 0.25) is 0 Å². The lowest BCUT2D eigenvalue weighted by atomic mass is 9.92. The zero-order chi connectivity index (χ0) is 21.5. The van der Waals surface area contributed by atoms with Crippen LogP contribution >= 0.6 is 0 Å². The second-order valence-corrected chi connectivity index (χ2v) is 7.87. The molecule has 0 radical (unpaired) electrons. The number of nitrogens with zero attached hydrogens (tertiary/aromatic N) is 1. The largest absolute Gasteiger partial charge is 0.454 e. The quantitative estimate of drug-likeness (QED) is 0.740. The summed E-state index contributed by atoms with van der Waals surface area (Å²) in [4.78, 5) is 38.8. The number of hydrogen-bond acceptors (Lipinski definition) is 5. The fourth-order valence-electron chi connectivity index (χ4n) is 3.63. The van der Waals surface area contributed by atoms with E-state index >= 15 is 0 Å². The minimum absolute atomic E-state index is 0.162. The Bertz CT molecular complexity index is 1050. The van der Waals surface area contributed by atoms with Crippen LogP contribution in [0.4, 0.5) is 10.5 Å². The van der Waals surface area contributed by atoms with E-state index in [4.69, 9.17) is 9.47 Å². The maximum Gasteiger partial charge on any atom is 0.325 e. The number of anilines is 1. The van der Waals surface area contributed by atoms with Gasteiger partial charge in [0.25, 0.3) is 5.91 Å². The van der Waals surface area contributed by atoms with Crippen molar-refractivity contribution in [1.29, 1.82) is 0 Å². The fraction of sp³-hybridized carbons (Fsp3) is 0.318. The van der Waals surface area contributed by atoms with Crippen molar-refractivity contribution >= 4 is 23.5 Å². The molecule has 156 valence electrons. The number of hydrogen-bond donors (Lipinski definition) is 2. The summed E-state index contributed by atoms with van der Waals surface area (Å²) in [6.07, 6.45) is 0.267. The molecule has 0 aromatic heterocycles. The molecule has 4 amide bonds. The van der Waals surface area contributed by atoms with Crippen molar-refractivity contribution in [2.75, 3.05) is 18.7 Å². The summed E-state index contributed by atoms with van der Waals surface area (Å²) in [6, 6.07) is 10.4. The van der Waals surface area contributed by atoms with Crippen molar-refractivity contribution in [1.82, 2.24) is 10.2 Å². The van der Waals surface area contributed by atoms with Crippen molar-refractivity contribution in [3.8, 4) is 11.5 Å². The summed E-state index contributed by atoms with van der Waals surface area (Å²) in [5.41, 5.74) is 2.45. The standard InChI is InChI=1S/C22H23N3O5/c1-13-4-6-16(8-14(13)2)23-19(26)11-25-20(27)22(3,24-21(25)28)10-15-5-7-17-18(9-15)30-12-29-17/h4-9H,10-12H2,1-3H3,(H,23,26)(H,24,28)/t22-/m0/s1. The van der Waals surface area contributed by atoms with Crippen molar-refractivity contribution in [2.24, 2.45) is 0 Å². The van der Waals surface area contributed by atoms with E-state index in [1.165, 1.54) is 0 Å². The van der Waals surface area contributed by atoms with Crippen LogP contribution in [-0.2, 0) is 16.0 Å². The molecule has 8 heteroatoms. The molecule has 30 heavy (non-hydrogen) atoms. The first-order valence-corrected chi connectivity index (χ1v) is 9.65. The topological polar surface area (TPSA) is 97.0 Å². The predicted molar refractivity (Wildman–Crippen MR) is 109 cm³/mol. The molecule has 2 aromatic carbocycles. The number of fused-ring (bicyclic) bond motifs is 1. The first kappa shape index (κ1) is 19.8. The van der Waals surface area contributed by atoms with Crippen molar-refractivity contribution in [3.63, 3.8) is 0 Å². The Balaban J connectivity index is 1.43. The molecule has 4 rings (SSSR count). The normalized spacial score (nSPS) is 19.8. The highest BCUT2D eigenvalue weighted by atomic mass is 16.7. The molecule has 2 N–H and O–H groups in total. The molecule has 2 aliphatic rings. The second-order valence-electron chi connectivity index (χ2n) is 7.87. The highest BCUT2D eigenvalue weighted by Gasteiger charge is 2.48. The Kier molecular flexibility index (Phi) is 4.85. The Morgan fingerprint density at radius 3 is 2.63 bits per heavy atom. The lowest BCUT2D eigenvalue weighted by Crippen LogP contribution is -2.46. The van der Waals surface area contributed by atoms with Crippen LogP contribution in [0.25, 0.3) is 0 Å². The number of nitrogens with one attached hydrogen (secondary N) is 2. The number of amides is 4. The van der Waals surface area contributed by atoms with Gasteiger partial charge >= 0.3 is 6.03 Å². The maximum absolute atomic E-state index is 13.0. The molecular weight excluding hydrogens is 386 g/mol. The molecule has 0 saturated carbocycles. The van der Waals surface area contributed by atoms with Gasteiger partial charge in [-0.1, -0.05) is 12.1 Å². The highest BCUT2D eigenvalue weighted by molar-refractivity contribution is 6.10. The summed E-state index contributed by atoms with van der Waals surface area (Å²) >= 11 is 0. The van der Waals surface area contributed by atoms with Crippen LogP contribution in [0.1, 0.15) is 23.6 Å². The first-order chi connectivity index (χ1) is 14.2. The number of urea groups is 1. The van der Waals surface area contributed by atoms with Gasteiger partial charge in [-0.2, -0.15) is 0 Å². The molecule has 8 nitrogen and oxygen atoms in total. The zero-order valence-electron chi connectivity index (χ0n) is 17.1. The molecular formula is C22H23N3O5. The average molecular weight is 409 g/mol. The Labute approximate surface area is 174 Å². The van der Waals surface area contributed by atoms with Crippen molar-refractivity contribution < 1.29 is 23.9 Å². The van der Waals surface area contributed by atoms with Gasteiger partial charge in [0.05, 0.1) is 0 Å². The summed E-state index contributed by atoms with van der Waals surface area (Å²) in [5.74, 6) is 0.377. The van der Waals surface area contributed by atoms with E-state index in [0.29, 0.717) is 17.2 Å². The summed E-state index contributed by atoms with van der Waals surface area (Å²) in [6.45, 7) is 5.39. The van der Waals surface area contributed by atoms with E-state index in [9.17, 15) is 14.4 Å². The van der Waals surface area contributed by atoms with E-state index in [0.717, 1.165) is 21.6 Å². The number of imide groups is 1. The second kappa shape index (κ2) is 7.37. The van der Waals surface area contributed by atoms with Crippen LogP contribution in [0.3, 0.4) is 0 Å². The third kappa shape index (κ3) is 3.68. The zero-order valence-corrected chi connectivity index (χ0v) is 17.1. The average Bonchev–Trinajstić information content (AvgIpc) is 3.23. The molecule has 2 heterocycles. The number of benzene rings is 2. The van der Waals surface area contributed by atoms with Crippen molar-refractivity contribution in [2.45, 2.75) is 32.7 Å². The van der Waals surface area contributed by atoms with Gasteiger partial charge in [0, 0.05) is 12.1 Å². The number of carbonyl (C=O) groups is 3. The number of carbonyl (C=O) groups excluding carboxylic acids is 3. The van der Waals surface area contributed by atoms with Crippen LogP contribution in [-0.4, -0.2) is 41.6 Å². The van der Waals surface area contributed by atoms with Gasteiger partial charge in [0.15, 0.2) is 11.5 Å². The van der Waals surface area contributed by atoms with Gasteiger partial charge < -0.3 is 20.1 Å². The molecule has 1 saturated heterocycles. The lowest BCUT2D eigenvalue weighted by molar-refractivity contribution is -0.133. The first-order valence-electron chi connectivity index (χ1n) is 9.65. The Morgan fingerprint density at radius 1 is 1.10 bits per heavy atom. The smallest absolute Gasteiger partial charge is 0.325 e. The predicted octanol–water partition coefficient (Wildman–Crippen LogP) is 2.52. The number of aryl methyl sites for hydroxylation is 2. The van der Waals surface area contributed by atoms with Crippen LogP contribution < -0.4 is 20.1 Å². The van der Waals surface area contributed by atoms with Crippen LogP contribution in [0.15, 0.2) is 36.4 Å². The Hall–Kier alpha value is -3.55. The highest BCUT2D eigenvalue weighted by Crippen LogP contribution is 2.34. The van der Waals surface area contributed by atoms with Crippen molar-refractivity contribution in [3.05, 3.63) is 53.1 Å². The van der Waals surface area contributed by atoms with Gasteiger partial charge in [-0.3, -0.25) is 14.5 Å². The monoisotopic (exact) mass is 409 g/mol. The molecule has 2 aliphatic heterocycles. The molecule has 0 spiro atoms. The summed E-state index contributed by atoms with van der Waals surface area (Å²) in [7, 11) is 0. The van der Waals surface area contributed by atoms with Gasteiger partial charge in [0.2, 0.25) is 12.7 Å². The van der Waals surface area contributed by atoms with E-state index in [1.807, 2.05) is 32.0 Å². The Morgan fingerprint density at radius 2 is 1.87 bits per heavy atom. The molecule has 0 bridgehead atoms. The molecule has 2 aromatic rings. The van der Waals surface area contributed by atoms with Gasteiger partial charge in [0.1, 0.15) is 12.1 Å². The molecule has 1 atom stereocenters. The minimum Gasteiger partial charge on any atom is -0.454 e.